The zero-order chi connectivity index (χ0) is 15.4. The van der Waals surface area contributed by atoms with E-state index < -0.39 is 31.2 Å². The third kappa shape index (κ3) is 5.45. The van der Waals surface area contributed by atoms with Crippen LogP contribution in [0.4, 0.5) is 26.3 Å². The van der Waals surface area contributed by atoms with E-state index in [0.717, 1.165) is 0 Å². The molecule has 2 unspecified atom stereocenters. The van der Waals surface area contributed by atoms with Crippen molar-refractivity contribution >= 4 is 0 Å². The highest BCUT2D eigenvalue weighted by atomic mass is 19.4. The molecule has 0 radical (unpaired) electrons. The molecule has 1 aliphatic rings. The predicted molar refractivity (Wildman–Crippen MR) is 58.3 cm³/mol. The minimum Gasteiger partial charge on any atom is -0.371 e. The summed E-state index contributed by atoms with van der Waals surface area (Å²) >= 11 is 0. The van der Waals surface area contributed by atoms with Gasteiger partial charge in [-0.2, -0.15) is 26.3 Å². The first-order valence-corrected chi connectivity index (χ1v) is 6.25. The van der Waals surface area contributed by atoms with Gasteiger partial charge >= 0.3 is 12.4 Å². The molecule has 0 spiro atoms. The number of hydrogen-bond acceptors (Lipinski definition) is 3. The fourth-order valence-corrected chi connectivity index (χ4v) is 1.94. The van der Waals surface area contributed by atoms with Crippen molar-refractivity contribution in [3.8, 4) is 0 Å². The number of likely N-dealkylation sites (N-methyl/N-ethyl adjacent to an activating group) is 1. The van der Waals surface area contributed by atoms with E-state index in [1.807, 2.05) is 6.92 Å². The van der Waals surface area contributed by atoms with Crippen molar-refractivity contribution in [1.82, 2.24) is 5.32 Å². The molecule has 2 atom stereocenters. The largest absolute Gasteiger partial charge is 0.423 e. The number of ether oxygens (including phenoxy) is 2. The van der Waals surface area contributed by atoms with Crippen LogP contribution in [0, 0.1) is 0 Å². The molecule has 0 aromatic heterocycles. The number of nitrogens with one attached hydrogen (secondary N) is 1. The molecular weight excluding hydrogens is 292 g/mol. The molecule has 1 N–H and O–H groups in total. The summed E-state index contributed by atoms with van der Waals surface area (Å²) in [5, 5.41) is 3.00. The summed E-state index contributed by atoms with van der Waals surface area (Å²) in [6, 6.07) is 0. The average Bonchev–Trinajstić information content (AvgIpc) is 2.70. The minimum absolute atomic E-state index is 0.196. The molecule has 1 rings (SSSR count). The van der Waals surface area contributed by atoms with Crippen LogP contribution in [0.3, 0.4) is 0 Å². The Balaban J connectivity index is 2.42. The summed E-state index contributed by atoms with van der Waals surface area (Å²) in [6.45, 7) is 2.40. The van der Waals surface area contributed by atoms with Gasteiger partial charge in [-0.15, -0.1) is 0 Å². The third-order valence-corrected chi connectivity index (χ3v) is 2.86. The van der Waals surface area contributed by atoms with Crippen molar-refractivity contribution in [2.75, 3.05) is 19.7 Å². The Morgan fingerprint density at radius 2 is 1.65 bits per heavy atom. The zero-order valence-electron chi connectivity index (χ0n) is 10.9. The van der Waals surface area contributed by atoms with Crippen molar-refractivity contribution in [2.45, 2.75) is 50.4 Å². The van der Waals surface area contributed by atoms with Gasteiger partial charge in [0.25, 0.3) is 0 Å². The van der Waals surface area contributed by atoms with Crippen molar-refractivity contribution in [3.63, 3.8) is 0 Å². The summed E-state index contributed by atoms with van der Waals surface area (Å²) < 4.78 is 82.8. The third-order valence-electron chi connectivity index (χ3n) is 2.86. The van der Waals surface area contributed by atoms with Gasteiger partial charge in [-0.05, 0) is 19.4 Å². The highest BCUT2D eigenvalue weighted by molar-refractivity contribution is 4.79. The fourth-order valence-electron chi connectivity index (χ4n) is 1.94. The molecule has 0 aliphatic carbocycles. The molecule has 1 aliphatic heterocycles. The first-order chi connectivity index (χ1) is 9.14. The molecule has 1 saturated heterocycles. The molecule has 0 aromatic rings. The van der Waals surface area contributed by atoms with Crippen LogP contribution in [0.1, 0.15) is 19.8 Å². The molecule has 0 bridgehead atoms. The fraction of sp³-hybridized carbons (Fsp3) is 1.00. The highest BCUT2D eigenvalue weighted by Gasteiger charge is 2.58. The van der Waals surface area contributed by atoms with Crippen LogP contribution < -0.4 is 5.32 Å². The average molecular weight is 309 g/mol. The van der Waals surface area contributed by atoms with E-state index in [1.54, 1.807) is 0 Å². The van der Waals surface area contributed by atoms with Crippen LogP contribution in [0.25, 0.3) is 0 Å². The Bertz CT molecular complexity index is 280. The number of rotatable bonds is 6. The van der Waals surface area contributed by atoms with E-state index in [-0.39, 0.29) is 6.10 Å². The summed E-state index contributed by atoms with van der Waals surface area (Å²) in [4.78, 5) is 0. The Labute approximate surface area is 112 Å². The SMILES string of the molecule is CCNCC1CCC(COC(C(F)(F)F)C(F)(F)F)O1. The maximum Gasteiger partial charge on any atom is 0.423 e. The minimum atomic E-state index is -5.47. The highest BCUT2D eigenvalue weighted by Crippen LogP contribution is 2.36. The summed E-state index contributed by atoms with van der Waals surface area (Å²) in [6.07, 6.45) is -14.7. The van der Waals surface area contributed by atoms with Gasteiger partial charge in [0, 0.05) is 6.54 Å². The molecule has 1 heterocycles. The van der Waals surface area contributed by atoms with Gasteiger partial charge in [0.05, 0.1) is 18.8 Å². The predicted octanol–water partition coefficient (Wildman–Crippen LogP) is 2.65. The quantitative estimate of drug-likeness (QED) is 0.765. The second kappa shape index (κ2) is 6.95. The van der Waals surface area contributed by atoms with Crippen LogP contribution in [0.2, 0.25) is 0 Å². The van der Waals surface area contributed by atoms with E-state index in [4.69, 9.17) is 4.74 Å². The van der Waals surface area contributed by atoms with E-state index in [1.165, 1.54) is 0 Å². The molecule has 1 fully saturated rings. The molecule has 0 aromatic carbocycles. The van der Waals surface area contributed by atoms with Crippen LogP contribution in [-0.2, 0) is 9.47 Å². The Morgan fingerprint density at radius 3 is 2.15 bits per heavy atom. The maximum absolute atomic E-state index is 12.2. The lowest BCUT2D eigenvalue weighted by molar-refractivity contribution is -0.324. The lowest BCUT2D eigenvalue weighted by Crippen LogP contribution is -2.45. The van der Waals surface area contributed by atoms with Gasteiger partial charge in [-0.3, -0.25) is 0 Å². The van der Waals surface area contributed by atoms with Crippen molar-refractivity contribution in [2.24, 2.45) is 0 Å². The van der Waals surface area contributed by atoms with Crippen molar-refractivity contribution in [3.05, 3.63) is 0 Å². The van der Waals surface area contributed by atoms with Gasteiger partial charge in [-0.25, -0.2) is 0 Å². The van der Waals surface area contributed by atoms with Crippen LogP contribution >= 0.6 is 0 Å². The van der Waals surface area contributed by atoms with Crippen LogP contribution in [0.15, 0.2) is 0 Å². The van der Waals surface area contributed by atoms with E-state index in [0.29, 0.717) is 25.9 Å². The number of halogens is 6. The number of hydrogen-bond donors (Lipinski definition) is 1. The lowest BCUT2D eigenvalue weighted by Gasteiger charge is -2.24. The van der Waals surface area contributed by atoms with Crippen molar-refractivity contribution in [1.29, 1.82) is 0 Å². The summed E-state index contributed by atoms with van der Waals surface area (Å²) in [7, 11) is 0. The second-order valence-electron chi connectivity index (χ2n) is 4.56. The molecule has 120 valence electrons. The Kier molecular flexibility index (Phi) is 6.08. The van der Waals surface area contributed by atoms with Crippen molar-refractivity contribution < 1.29 is 35.8 Å². The molecule has 9 heteroatoms. The topological polar surface area (TPSA) is 30.5 Å². The van der Waals surface area contributed by atoms with E-state index in [2.05, 4.69) is 10.1 Å². The Hall–Kier alpha value is -0.540. The van der Waals surface area contributed by atoms with Gasteiger partial charge in [0.15, 0.2) is 0 Å². The first-order valence-electron chi connectivity index (χ1n) is 6.25. The monoisotopic (exact) mass is 309 g/mol. The molecule has 20 heavy (non-hydrogen) atoms. The Morgan fingerprint density at radius 1 is 1.10 bits per heavy atom. The summed E-state index contributed by atoms with van der Waals surface area (Å²) in [5.74, 6) is 0. The smallest absolute Gasteiger partial charge is 0.371 e. The van der Waals surface area contributed by atoms with Gasteiger partial charge in [0.1, 0.15) is 0 Å². The maximum atomic E-state index is 12.2. The van der Waals surface area contributed by atoms with E-state index >= 15 is 0 Å². The first kappa shape index (κ1) is 17.5. The van der Waals surface area contributed by atoms with Gasteiger partial charge in [-0.1, -0.05) is 6.92 Å². The lowest BCUT2D eigenvalue weighted by atomic mass is 10.2. The molecular formula is C11H17F6NO2. The molecule has 0 saturated carbocycles. The van der Waals surface area contributed by atoms with Crippen LogP contribution in [0.5, 0.6) is 0 Å². The molecule has 0 amide bonds. The normalized spacial score (nSPS) is 24.6. The zero-order valence-corrected chi connectivity index (χ0v) is 10.9. The molecule has 3 nitrogen and oxygen atoms in total. The van der Waals surface area contributed by atoms with Gasteiger partial charge in [0.2, 0.25) is 6.10 Å². The van der Waals surface area contributed by atoms with Gasteiger partial charge < -0.3 is 14.8 Å². The van der Waals surface area contributed by atoms with E-state index in [9.17, 15) is 26.3 Å². The number of alkyl halides is 6. The summed E-state index contributed by atoms with van der Waals surface area (Å²) in [5.41, 5.74) is 0. The standard InChI is InChI=1S/C11H17F6NO2/c1-2-18-5-7-3-4-8(20-7)6-19-9(10(12,13)14)11(15,16)17/h7-9,18H,2-6H2,1H3. The second-order valence-corrected chi connectivity index (χ2v) is 4.56. The van der Waals surface area contributed by atoms with Crippen LogP contribution in [-0.4, -0.2) is 50.4 Å².